The van der Waals surface area contributed by atoms with Crippen LogP contribution in [0.1, 0.15) is 13.8 Å². The van der Waals surface area contributed by atoms with Crippen molar-refractivity contribution in [2.45, 2.75) is 25.9 Å². The summed E-state index contributed by atoms with van der Waals surface area (Å²) >= 11 is 0. The summed E-state index contributed by atoms with van der Waals surface area (Å²) in [5.41, 5.74) is 5.22. The van der Waals surface area contributed by atoms with Crippen LogP contribution in [0.4, 0.5) is 0 Å². The van der Waals surface area contributed by atoms with Gasteiger partial charge in [0.05, 0.1) is 19.7 Å². The van der Waals surface area contributed by atoms with Gasteiger partial charge in [-0.15, -0.1) is 0 Å². The number of hydrogen-bond donors (Lipinski definition) is 6. The number of aliphatic carboxylic acids is 1. The van der Waals surface area contributed by atoms with Crippen LogP contribution in [0, 0.1) is 5.92 Å². The Morgan fingerprint density at radius 1 is 1.05 bits per heavy atom. The summed E-state index contributed by atoms with van der Waals surface area (Å²) in [5.74, 6) is -3.48. The summed E-state index contributed by atoms with van der Waals surface area (Å²) in [7, 11) is 0. The molecule has 0 aliphatic carbocycles. The van der Waals surface area contributed by atoms with Crippen LogP contribution in [-0.2, 0) is 19.2 Å². The van der Waals surface area contributed by atoms with E-state index >= 15 is 0 Å². The largest absolute Gasteiger partial charge is 0.480 e. The van der Waals surface area contributed by atoms with Crippen molar-refractivity contribution >= 4 is 23.7 Å². The first-order chi connectivity index (χ1) is 10.2. The molecule has 0 fully saturated rings. The van der Waals surface area contributed by atoms with Crippen molar-refractivity contribution in [1.29, 1.82) is 0 Å². The first-order valence-corrected chi connectivity index (χ1v) is 6.62. The zero-order valence-corrected chi connectivity index (χ0v) is 12.5. The van der Waals surface area contributed by atoms with Crippen molar-refractivity contribution in [3.8, 4) is 0 Å². The second-order valence-electron chi connectivity index (χ2n) is 4.91. The molecule has 10 nitrogen and oxygen atoms in total. The van der Waals surface area contributed by atoms with Crippen LogP contribution in [0.5, 0.6) is 0 Å². The summed E-state index contributed by atoms with van der Waals surface area (Å²) in [6.07, 6.45) is 0. The maximum Gasteiger partial charge on any atom is 0.326 e. The Morgan fingerprint density at radius 2 is 1.59 bits per heavy atom. The summed E-state index contributed by atoms with van der Waals surface area (Å²) in [5, 5.41) is 24.2. The topological polar surface area (TPSA) is 171 Å². The van der Waals surface area contributed by atoms with Crippen LogP contribution in [0.15, 0.2) is 0 Å². The number of rotatable bonds is 9. The third kappa shape index (κ3) is 7.55. The maximum absolute atomic E-state index is 11.5. The normalized spacial score (nSPS) is 13.1. The fourth-order valence-electron chi connectivity index (χ4n) is 1.36. The molecule has 0 saturated carbocycles. The predicted octanol–water partition coefficient (Wildman–Crippen LogP) is -3.24. The Labute approximate surface area is 127 Å². The van der Waals surface area contributed by atoms with Gasteiger partial charge in [0.2, 0.25) is 17.7 Å². The number of carboxylic acids is 1. The van der Waals surface area contributed by atoms with E-state index in [-0.39, 0.29) is 5.92 Å². The number of aliphatic hydroxyl groups is 1. The molecule has 0 aliphatic heterocycles. The monoisotopic (exact) mass is 318 g/mol. The van der Waals surface area contributed by atoms with E-state index in [1.54, 1.807) is 13.8 Å². The summed E-state index contributed by atoms with van der Waals surface area (Å²) in [6.45, 7) is 1.89. The lowest BCUT2D eigenvalue weighted by atomic mass is 10.1. The molecule has 2 atom stereocenters. The van der Waals surface area contributed by atoms with Crippen LogP contribution in [0.3, 0.4) is 0 Å². The van der Waals surface area contributed by atoms with E-state index in [0.29, 0.717) is 0 Å². The number of carboxylic acid groups (broad SMARTS) is 1. The second-order valence-corrected chi connectivity index (χ2v) is 4.91. The highest BCUT2D eigenvalue weighted by Crippen LogP contribution is 2.00. The third-order valence-corrected chi connectivity index (χ3v) is 2.65. The molecule has 0 bridgehead atoms. The number of amides is 3. The lowest BCUT2D eigenvalue weighted by molar-refractivity contribution is -0.143. The van der Waals surface area contributed by atoms with Gasteiger partial charge >= 0.3 is 5.97 Å². The van der Waals surface area contributed by atoms with Crippen molar-refractivity contribution in [3.63, 3.8) is 0 Å². The van der Waals surface area contributed by atoms with Gasteiger partial charge in [0.1, 0.15) is 12.1 Å². The van der Waals surface area contributed by atoms with Crippen molar-refractivity contribution < 1.29 is 29.4 Å². The van der Waals surface area contributed by atoms with Gasteiger partial charge in [0.15, 0.2) is 0 Å². The van der Waals surface area contributed by atoms with E-state index in [4.69, 9.17) is 15.9 Å². The van der Waals surface area contributed by atoms with E-state index in [2.05, 4.69) is 16.0 Å². The predicted molar refractivity (Wildman–Crippen MR) is 75.5 cm³/mol. The summed E-state index contributed by atoms with van der Waals surface area (Å²) in [6, 6.07) is -2.18. The molecule has 0 rings (SSSR count). The Balaban J connectivity index is 4.12. The van der Waals surface area contributed by atoms with E-state index in [0.717, 1.165) is 0 Å². The SMILES string of the molecule is CC(C)C(NC(=O)CNC(=O)CNC(=O)C(N)CO)C(=O)O. The van der Waals surface area contributed by atoms with Crippen molar-refractivity contribution in [2.24, 2.45) is 11.7 Å². The van der Waals surface area contributed by atoms with Crippen LogP contribution in [-0.4, -0.2) is 65.7 Å². The molecule has 126 valence electrons. The van der Waals surface area contributed by atoms with Crippen LogP contribution in [0.2, 0.25) is 0 Å². The van der Waals surface area contributed by atoms with Crippen molar-refractivity contribution in [1.82, 2.24) is 16.0 Å². The molecule has 10 heteroatoms. The van der Waals surface area contributed by atoms with E-state index < -0.39 is 55.5 Å². The zero-order valence-electron chi connectivity index (χ0n) is 12.5. The molecule has 3 amide bonds. The Morgan fingerprint density at radius 3 is 2.05 bits per heavy atom. The molecule has 0 radical (unpaired) electrons. The maximum atomic E-state index is 11.5. The number of aliphatic hydroxyl groups excluding tert-OH is 1. The van der Waals surface area contributed by atoms with Crippen molar-refractivity contribution in [3.05, 3.63) is 0 Å². The average Bonchev–Trinajstić information content (AvgIpc) is 2.46. The quantitative estimate of drug-likeness (QED) is 0.259. The minimum Gasteiger partial charge on any atom is -0.480 e. The molecule has 0 saturated heterocycles. The lowest BCUT2D eigenvalue weighted by Gasteiger charge is -2.18. The highest BCUT2D eigenvalue weighted by molar-refractivity contribution is 5.90. The molecule has 0 heterocycles. The van der Waals surface area contributed by atoms with E-state index in [9.17, 15) is 19.2 Å². The number of carbonyl (C=O) groups is 4. The first kappa shape index (κ1) is 19.8. The highest BCUT2D eigenvalue weighted by atomic mass is 16.4. The second kappa shape index (κ2) is 9.68. The van der Waals surface area contributed by atoms with Crippen LogP contribution in [0.25, 0.3) is 0 Å². The summed E-state index contributed by atoms with van der Waals surface area (Å²) < 4.78 is 0. The lowest BCUT2D eigenvalue weighted by Crippen LogP contribution is -2.50. The molecular weight excluding hydrogens is 296 g/mol. The molecule has 22 heavy (non-hydrogen) atoms. The Bertz CT molecular complexity index is 426. The van der Waals surface area contributed by atoms with E-state index in [1.165, 1.54) is 0 Å². The number of hydrogen-bond acceptors (Lipinski definition) is 6. The Hall–Kier alpha value is -2.20. The van der Waals surface area contributed by atoms with Crippen molar-refractivity contribution in [2.75, 3.05) is 19.7 Å². The van der Waals surface area contributed by atoms with Gasteiger partial charge in [-0.05, 0) is 5.92 Å². The highest BCUT2D eigenvalue weighted by Gasteiger charge is 2.23. The standard InChI is InChI=1S/C12H22N4O6/c1-6(2)10(12(21)22)16-9(19)4-14-8(18)3-15-11(20)7(13)5-17/h6-7,10,17H,3-5,13H2,1-2H3,(H,14,18)(H,15,20)(H,16,19)(H,21,22). The molecular formula is C12H22N4O6. The molecule has 0 aromatic rings. The van der Waals surface area contributed by atoms with Crippen LogP contribution >= 0.6 is 0 Å². The van der Waals surface area contributed by atoms with Crippen LogP contribution < -0.4 is 21.7 Å². The van der Waals surface area contributed by atoms with Gasteiger partial charge in [-0.3, -0.25) is 14.4 Å². The fourth-order valence-corrected chi connectivity index (χ4v) is 1.36. The number of nitrogens with one attached hydrogen (secondary N) is 3. The molecule has 0 aliphatic rings. The smallest absolute Gasteiger partial charge is 0.326 e. The molecule has 0 aromatic carbocycles. The minimum absolute atomic E-state index is 0.309. The first-order valence-electron chi connectivity index (χ1n) is 6.62. The average molecular weight is 318 g/mol. The van der Waals surface area contributed by atoms with Gasteiger partial charge in [-0.2, -0.15) is 0 Å². The molecule has 0 spiro atoms. The Kier molecular flexibility index (Phi) is 8.72. The molecule has 2 unspecified atom stereocenters. The van der Waals surface area contributed by atoms with E-state index in [1.807, 2.05) is 0 Å². The molecule has 7 N–H and O–H groups in total. The third-order valence-electron chi connectivity index (χ3n) is 2.65. The number of carbonyl (C=O) groups excluding carboxylic acids is 3. The van der Waals surface area contributed by atoms with Gasteiger partial charge in [-0.1, -0.05) is 13.8 Å². The van der Waals surface area contributed by atoms with Gasteiger partial charge in [0.25, 0.3) is 0 Å². The molecule has 0 aromatic heterocycles. The fraction of sp³-hybridized carbons (Fsp3) is 0.667. The van der Waals surface area contributed by atoms with Gasteiger partial charge in [0, 0.05) is 0 Å². The summed E-state index contributed by atoms with van der Waals surface area (Å²) in [4.78, 5) is 45.0. The van der Waals surface area contributed by atoms with Gasteiger partial charge < -0.3 is 31.9 Å². The number of nitrogens with two attached hydrogens (primary N) is 1. The van der Waals surface area contributed by atoms with Gasteiger partial charge in [-0.25, -0.2) is 4.79 Å². The zero-order chi connectivity index (χ0) is 17.3. The minimum atomic E-state index is -1.17.